The minimum atomic E-state index is -0.00268. The summed E-state index contributed by atoms with van der Waals surface area (Å²) in [4.78, 5) is 14.3. The number of halogens is 2. The molecule has 3 nitrogen and oxygen atoms in total. The molecule has 0 radical (unpaired) electrons. The average molecular weight is 350 g/mol. The minimum absolute atomic E-state index is 0.00268. The quantitative estimate of drug-likeness (QED) is 0.788. The summed E-state index contributed by atoms with van der Waals surface area (Å²) in [6.45, 7) is 1.61. The Bertz CT molecular complexity index is 740. The van der Waals surface area contributed by atoms with Gasteiger partial charge in [0.2, 0.25) is 0 Å². The maximum absolute atomic E-state index is 12.5. The first-order valence-electron chi connectivity index (χ1n) is 7.53. The van der Waals surface area contributed by atoms with Gasteiger partial charge in [0.05, 0.1) is 17.7 Å². The molecule has 0 N–H and O–H groups in total. The van der Waals surface area contributed by atoms with Crippen LogP contribution in [0, 0.1) is 0 Å². The maximum atomic E-state index is 12.5. The lowest BCUT2D eigenvalue weighted by Gasteiger charge is -2.17. The van der Waals surface area contributed by atoms with Crippen molar-refractivity contribution in [1.29, 1.82) is 0 Å². The highest BCUT2D eigenvalue weighted by Crippen LogP contribution is 2.35. The molecule has 2 aromatic carbocycles. The molecule has 1 amide bonds. The van der Waals surface area contributed by atoms with Crippen LogP contribution in [0.4, 0.5) is 0 Å². The Morgan fingerprint density at radius 2 is 1.83 bits per heavy atom. The Hall–Kier alpha value is -1.71. The zero-order valence-electron chi connectivity index (χ0n) is 12.8. The molecule has 120 valence electrons. The van der Waals surface area contributed by atoms with Gasteiger partial charge in [0.15, 0.2) is 0 Å². The second-order valence-electron chi connectivity index (χ2n) is 5.54. The monoisotopic (exact) mass is 349 g/mol. The van der Waals surface area contributed by atoms with Crippen molar-refractivity contribution in [3.63, 3.8) is 0 Å². The zero-order chi connectivity index (χ0) is 16.4. The molecule has 0 atom stereocenters. The van der Waals surface area contributed by atoms with Gasteiger partial charge in [-0.3, -0.25) is 4.79 Å². The van der Waals surface area contributed by atoms with E-state index < -0.39 is 0 Å². The summed E-state index contributed by atoms with van der Waals surface area (Å²) in [6.07, 6.45) is 2.11. The lowest BCUT2D eigenvalue weighted by atomic mass is 10.0. The van der Waals surface area contributed by atoms with E-state index in [-0.39, 0.29) is 5.91 Å². The van der Waals surface area contributed by atoms with E-state index in [0.717, 1.165) is 37.1 Å². The van der Waals surface area contributed by atoms with Gasteiger partial charge in [-0.2, -0.15) is 0 Å². The first-order chi connectivity index (χ1) is 11.1. The second kappa shape index (κ2) is 6.81. The highest BCUT2D eigenvalue weighted by atomic mass is 35.5. The number of hydrogen-bond acceptors (Lipinski definition) is 2. The first kappa shape index (κ1) is 16.2. The Kier molecular flexibility index (Phi) is 4.79. The van der Waals surface area contributed by atoms with Gasteiger partial charge in [-0.15, -0.1) is 0 Å². The van der Waals surface area contributed by atoms with Crippen LogP contribution in [-0.2, 0) is 0 Å². The minimum Gasteiger partial charge on any atom is -0.496 e. The summed E-state index contributed by atoms with van der Waals surface area (Å²) >= 11 is 12.4. The fraction of sp³-hybridized carbons (Fsp3) is 0.278. The van der Waals surface area contributed by atoms with E-state index in [1.54, 1.807) is 25.3 Å². The van der Waals surface area contributed by atoms with Crippen LogP contribution < -0.4 is 4.74 Å². The van der Waals surface area contributed by atoms with Crippen LogP contribution in [0.25, 0.3) is 11.1 Å². The maximum Gasteiger partial charge on any atom is 0.255 e. The predicted molar refractivity (Wildman–Crippen MR) is 93.6 cm³/mol. The molecule has 5 heteroatoms. The molecule has 1 heterocycles. The van der Waals surface area contributed by atoms with Gasteiger partial charge < -0.3 is 9.64 Å². The van der Waals surface area contributed by atoms with Crippen molar-refractivity contribution in [3.05, 3.63) is 52.0 Å². The number of likely N-dealkylation sites (tertiary alicyclic amines) is 1. The van der Waals surface area contributed by atoms with E-state index >= 15 is 0 Å². The Labute approximate surface area is 145 Å². The SMILES string of the molecule is COc1ccc(Cl)cc1-c1ccc(C(=O)N2CCCC2)c(Cl)c1. The van der Waals surface area contributed by atoms with Crippen molar-refractivity contribution in [2.75, 3.05) is 20.2 Å². The standard InChI is InChI=1S/C18H17Cl2NO2/c1-23-17-7-5-13(19)11-15(17)12-4-6-14(16(20)10-12)18(22)21-8-2-3-9-21/h4-7,10-11H,2-3,8-9H2,1H3. The van der Waals surface area contributed by atoms with Gasteiger partial charge in [0.25, 0.3) is 5.91 Å². The van der Waals surface area contributed by atoms with E-state index in [2.05, 4.69) is 0 Å². The van der Waals surface area contributed by atoms with Gasteiger partial charge in [0.1, 0.15) is 5.75 Å². The molecule has 0 aromatic heterocycles. The number of amides is 1. The van der Waals surface area contributed by atoms with Crippen molar-refractivity contribution < 1.29 is 9.53 Å². The van der Waals surface area contributed by atoms with Crippen molar-refractivity contribution in [3.8, 4) is 16.9 Å². The van der Waals surface area contributed by atoms with Crippen LogP contribution in [0.2, 0.25) is 10.0 Å². The fourth-order valence-corrected chi connectivity index (χ4v) is 3.29. The highest BCUT2D eigenvalue weighted by Gasteiger charge is 2.22. The molecule has 1 aliphatic rings. The molecule has 0 saturated carbocycles. The second-order valence-corrected chi connectivity index (χ2v) is 6.38. The highest BCUT2D eigenvalue weighted by molar-refractivity contribution is 6.34. The van der Waals surface area contributed by atoms with Gasteiger partial charge in [-0.1, -0.05) is 29.3 Å². The van der Waals surface area contributed by atoms with Gasteiger partial charge in [-0.05, 0) is 48.7 Å². The summed E-state index contributed by atoms with van der Waals surface area (Å²) in [5.74, 6) is 0.709. The van der Waals surface area contributed by atoms with E-state index in [1.165, 1.54) is 0 Å². The van der Waals surface area contributed by atoms with E-state index in [1.807, 2.05) is 23.1 Å². The van der Waals surface area contributed by atoms with Gasteiger partial charge in [-0.25, -0.2) is 0 Å². The number of rotatable bonds is 3. The molecule has 1 aliphatic heterocycles. The molecule has 0 bridgehead atoms. The van der Waals surface area contributed by atoms with Crippen molar-refractivity contribution in [2.45, 2.75) is 12.8 Å². The van der Waals surface area contributed by atoms with Crippen LogP contribution in [0.15, 0.2) is 36.4 Å². The summed E-state index contributed by atoms with van der Waals surface area (Å²) < 4.78 is 5.38. The average Bonchev–Trinajstić information content (AvgIpc) is 3.08. The molecule has 0 spiro atoms. The number of carbonyl (C=O) groups is 1. The fourth-order valence-electron chi connectivity index (χ4n) is 2.85. The zero-order valence-corrected chi connectivity index (χ0v) is 14.3. The third-order valence-corrected chi connectivity index (χ3v) is 4.61. The lowest BCUT2D eigenvalue weighted by molar-refractivity contribution is 0.0793. The number of ether oxygens (including phenoxy) is 1. The van der Waals surface area contributed by atoms with Crippen LogP contribution in [0.1, 0.15) is 23.2 Å². The smallest absolute Gasteiger partial charge is 0.255 e. The van der Waals surface area contributed by atoms with Crippen molar-refractivity contribution in [1.82, 2.24) is 4.90 Å². The number of methoxy groups -OCH3 is 1. The molecular formula is C18H17Cl2NO2. The molecule has 2 aromatic rings. The Morgan fingerprint density at radius 1 is 1.09 bits per heavy atom. The Morgan fingerprint density at radius 3 is 2.48 bits per heavy atom. The van der Waals surface area contributed by atoms with E-state index in [0.29, 0.717) is 21.4 Å². The molecular weight excluding hydrogens is 333 g/mol. The van der Waals surface area contributed by atoms with Crippen LogP contribution >= 0.6 is 23.2 Å². The number of carbonyl (C=O) groups excluding carboxylic acids is 1. The summed E-state index contributed by atoms with van der Waals surface area (Å²) in [5, 5.41) is 1.07. The summed E-state index contributed by atoms with van der Waals surface area (Å²) in [5.41, 5.74) is 2.26. The van der Waals surface area contributed by atoms with Crippen molar-refractivity contribution >= 4 is 29.1 Å². The summed E-state index contributed by atoms with van der Waals surface area (Å²) in [6, 6.07) is 10.9. The normalized spacial score (nSPS) is 14.1. The van der Waals surface area contributed by atoms with E-state index in [4.69, 9.17) is 27.9 Å². The third kappa shape index (κ3) is 3.31. The largest absolute Gasteiger partial charge is 0.496 e. The molecule has 1 saturated heterocycles. The number of hydrogen-bond donors (Lipinski definition) is 0. The molecule has 23 heavy (non-hydrogen) atoms. The molecule has 0 unspecified atom stereocenters. The molecule has 1 fully saturated rings. The lowest BCUT2D eigenvalue weighted by Crippen LogP contribution is -2.27. The first-order valence-corrected chi connectivity index (χ1v) is 8.28. The van der Waals surface area contributed by atoms with Crippen LogP contribution in [0.5, 0.6) is 5.75 Å². The third-order valence-electron chi connectivity index (χ3n) is 4.07. The predicted octanol–water partition coefficient (Wildman–Crippen LogP) is 4.91. The van der Waals surface area contributed by atoms with Crippen LogP contribution in [0.3, 0.4) is 0 Å². The molecule has 0 aliphatic carbocycles. The van der Waals surface area contributed by atoms with Gasteiger partial charge in [0, 0.05) is 23.7 Å². The summed E-state index contributed by atoms with van der Waals surface area (Å²) in [7, 11) is 1.61. The van der Waals surface area contributed by atoms with Crippen molar-refractivity contribution in [2.24, 2.45) is 0 Å². The van der Waals surface area contributed by atoms with Crippen LogP contribution in [-0.4, -0.2) is 31.0 Å². The van der Waals surface area contributed by atoms with E-state index in [9.17, 15) is 4.79 Å². The Balaban J connectivity index is 1.96. The number of nitrogens with zero attached hydrogens (tertiary/aromatic N) is 1. The number of benzene rings is 2. The molecule has 3 rings (SSSR count). The van der Waals surface area contributed by atoms with Gasteiger partial charge >= 0.3 is 0 Å². The topological polar surface area (TPSA) is 29.5 Å².